The Hall–Kier alpha value is -1.56. The van der Waals surface area contributed by atoms with Gasteiger partial charge in [0, 0.05) is 4.88 Å². The average molecular weight is 229 g/mol. The van der Waals surface area contributed by atoms with Crippen LogP contribution in [0.3, 0.4) is 0 Å². The summed E-state index contributed by atoms with van der Waals surface area (Å²) in [6.07, 6.45) is 0. The lowest BCUT2D eigenvalue weighted by atomic mass is 10.2. The van der Waals surface area contributed by atoms with Crippen molar-refractivity contribution in [3.8, 4) is 0 Å². The minimum Gasteiger partial charge on any atom is -0.477 e. The van der Waals surface area contributed by atoms with Gasteiger partial charge in [-0.15, -0.1) is 11.3 Å². The van der Waals surface area contributed by atoms with Gasteiger partial charge in [0.15, 0.2) is 0 Å². The molecular weight excluding hydrogens is 218 g/mol. The van der Waals surface area contributed by atoms with Crippen LogP contribution in [0.4, 0.5) is 5.69 Å². The van der Waals surface area contributed by atoms with Crippen molar-refractivity contribution in [1.82, 2.24) is 0 Å². The van der Waals surface area contributed by atoms with E-state index in [4.69, 9.17) is 15.6 Å². The van der Waals surface area contributed by atoms with Crippen LogP contribution in [0.25, 0.3) is 0 Å². The molecule has 1 heterocycles. The van der Waals surface area contributed by atoms with Gasteiger partial charge in [-0.1, -0.05) is 0 Å². The maximum atomic E-state index is 11.4. The quantitative estimate of drug-likeness (QED) is 0.767. The third-order valence-electron chi connectivity index (χ3n) is 1.79. The van der Waals surface area contributed by atoms with Gasteiger partial charge in [-0.05, 0) is 13.8 Å². The van der Waals surface area contributed by atoms with E-state index < -0.39 is 11.9 Å². The van der Waals surface area contributed by atoms with Gasteiger partial charge >= 0.3 is 11.9 Å². The monoisotopic (exact) mass is 229 g/mol. The van der Waals surface area contributed by atoms with Gasteiger partial charge in [0.2, 0.25) is 0 Å². The van der Waals surface area contributed by atoms with Gasteiger partial charge < -0.3 is 15.6 Å². The third kappa shape index (κ3) is 2.10. The maximum absolute atomic E-state index is 11.4. The van der Waals surface area contributed by atoms with Gasteiger partial charge in [0.05, 0.1) is 17.9 Å². The van der Waals surface area contributed by atoms with Crippen LogP contribution in [-0.2, 0) is 4.74 Å². The first kappa shape index (κ1) is 11.5. The van der Waals surface area contributed by atoms with Crippen molar-refractivity contribution in [1.29, 1.82) is 0 Å². The van der Waals surface area contributed by atoms with Crippen molar-refractivity contribution >= 4 is 29.0 Å². The summed E-state index contributed by atoms with van der Waals surface area (Å²) in [5, 5.41) is 8.79. The smallest absolute Gasteiger partial charge is 0.348 e. The summed E-state index contributed by atoms with van der Waals surface area (Å²) in [4.78, 5) is 22.7. The highest BCUT2D eigenvalue weighted by atomic mass is 32.1. The third-order valence-corrected chi connectivity index (χ3v) is 2.90. The fraction of sp³-hybridized carbons (Fsp3) is 0.333. The van der Waals surface area contributed by atoms with Crippen molar-refractivity contribution in [3.63, 3.8) is 0 Å². The summed E-state index contributed by atoms with van der Waals surface area (Å²) in [6, 6.07) is 0. The molecule has 0 fully saturated rings. The van der Waals surface area contributed by atoms with Gasteiger partial charge in [0.25, 0.3) is 0 Å². The number of carboxylic acids is 1. The number of anilines is 1. The van der Waals surface area contributed by atoms with E-state index in [-0.39, 0.29) is 22.7 Å². The van der Waals surface area contributed by atoms with Crippen LogP contribution in [-0.4, -0.2) is 23.7 Å². The van der Waals surface area contributed by atoms with Crippen LogP contribution in [0.1, 0.15) is 31.8 Å². The van der Waals surface area contributed by atoms with E-state index in [1.807, 2.05) is 0 Å². The molecule has 0 atom stereocenters. The second-order valence-electron chi connectivity index (χ2n) is 2.80. The normalized spacial score (nSPS) is 10.0. The van der Waals surface area contributed by atoms with E-state index in [9.17, 15) is 9.59 Å². The van der Waals surface area contributed by atoms with Crippen molar-refractivity contribution < 1.29 is 19.4 Å². The molecule has 1 aromatic rings. The van der Waals surface area contributed by atoms with Crippen LogP contribution < -0.4 is 5.73 Å². The number of carboxylic acid groups (broad SMARTS) is 1. The largest absolute Gasteiger partial charge is 0.477 e. The molecular formula is C9H11NO4S. The lowest BCUT2D eigenvalue weighted by molar-refractivity contribution is 0.0527. The molecule has 0 aliphatic heterocycles. The summed E-state index contributed by atoms with van der Waals surface area (Å²) in [7, 11) is 0. The second-order valence-corrected chi connectivity index (χ2v) is 4.03. The lowest BCUT2D eigenvalue weighted by Gasteiger charge is -2.01. The molecule has 0 aliphatic rings. The Kier molecular flexibility index (Phi) is 3.31. The molecule has 3 N–H and O–H groups in total. The molecule has 0 radical (unpaired) electrons. The number of ether oxygens (including phenoxy) is 1. The number of rotatable bonds is 3. The van der Waals surface area contributed by atoms with Crippen LogP contribution in [0.2, 0.25) is 0 Å². The van der Waals surface area contributed by atoms with E-state index in [2.05, 4.69) is 0 Å². The Morgan fingerprint density at radius 2 is 2.13 bits per heavy atom. The van der Waals surface area contributed by atoms with E-state index in [1.54, 1.807) is 13.8 Å². The Morgan fingerprint density at radius 1 is 1.53 bits per heavy atom. The van der Waals surface area contributed by atoms with Crippen molar-refractivity contribution in [2.75, 3.05) is 12.3 Å². The Bertz CT molecular complexity index is 410. The number of nitrogens with two attached hydrogens (primary N) is 1. The molecule has 0 aromatic carbocycles. The molecule has 15 heavy (non-hydrogen) atoms. The highest BCUT2D eigenvalue weighted by molar-refractivity contribution is 7.14. The molecule has 6 heteroatoms. The van der Waals surface area contributed by atoms with Crippen molar-refractivity contribution in [2.45, 2.75) is 13.8 Å². The Morgan fingerprint density at radius 3 is 2.53 bits per heavy atom. The highest BCUT2D eigenvalue weighted by Crippen LogP contribution is 2.30. The van der Waals surface area contributed by atoms with Crippen LogP contribution >= 0.6 is 11.3 Å². The molecule has 0 aliphatic carbocycles. The first-order valence-corrected chi connectivity index (χ1v) is 5.10. The Balaban J connectivity index is 3.19. The number of nitrogen functional groups attached to an aromatic ring is 1. The molecule has 0 bridgehead atoms. The summed E-state index contributed by atoms with van der Waals surface area (Å²) >= 11 is 0.978. The van der Waals surface area contributed by atoms with Gasteiger partial charge in [-0.25, -0.2) is 9.59 Å². The molecule has 0 amide bonds. The van der Waals surface area contributed by atoms with Gasteiger partial charge in [0.1, 0.15) is 4.88 Å². The first-order valence-electron chi connectivity index (χ1n) is 4.28. The lowest BCUT2D eigenvalue weighted by Crippen LogP contribution is -2.08. The minimum absolute atomic E-state index is 0.0107. The molecule has 82 valence electrons. The highest BCUT2D eigenvalue weighted by Gasteiger charge is 2.23. The predicted molar refractivity (Wildman–Crippen MR) is 56.4 cm³/mol. The Labute approximate surface area is 90.5 Å². The van der Waals surface area contributed by atoms with Gasteiger partial charge in [-0.3, -0.25) is 0 Å². The fourth-order valence-corrected chi connectivity index (χ4v) is 2.08. The number of carbonyl (C=O) groups is 2. The summed E-state index contributed by atoms with van der Waals surface area (Å²) in [5.74, 6) is -1.70. The number of hydrogen-bond donors (Lipinski definition) is 2. The van der Waals surface area contributed by atoms with Gasteiger partial charge in [-0.2, -0.15) is 0 Å². The van der Waals surface area contributed by atoms with Crippen LogP contribution in [0.15, 0.2) is 0 Å². The molecule has 1 aromatic heterocycles. The first-order chi connectivity index (χ1) is 6.99. The number of aromatic carboxylic acids is 1. The number of carbonyl (C=O) groups excluding carboxylic acids is 1. The molecule has 5 nitrogen and oxygen atoms in total. The number of esters is 1. The minimum atomic E-state index is -1.13. The number of aryl methyl sites for hydroxylation is 1. The zero-order valence-electron chi connectivity index (χ0n) is 8.36. The summed E-state index contributed by atoms with van der Waals surface area (Å²) in [6.45, 7) is 3.55. The molecule has 0 saturated heterocycles. The topological polar surface area (TPSA) is 89.6 Å². The summed E-state index contributed by atoms with van der Waals surface area (Å²) in [5.41, 5.74) is 5.72. The van der Waals surface area contributed by atoms with Crippen molar-refractivity contribution in [3.05, 3.63) is 15.3 Å². The maximum Gasteiger partial charge on any atom is 0.348 e. The van der Waals surface area contributed by atoms with Crippen LogP contribution in [0.5, 0.6) is 0 Å². The molecule has 1 rings (SSSR count). The number of thiophene rings is 1. The second kappa shape index (κ2) is 4.31. The zero-order chi connectivity index (χ0) is 11.6. The van der Waals surface area contributed by atoms with E-state index in [1.165, 1.54) is 0 Å². The predicted octanol–water partition coefficient (Wildman–Crippen LogP) is 1.51. The van der Waals surface area contributed by atoms with E-state index in [0.717, 1.165) is 11.3 Å². The molecule has 0 saturated carbocycles. The standard InChI is InChI=1S/C9H11NO4S/c1-3-14-9(13)5-4(2)15-7(6(5)10)8(11)12/h3,10H2,1-2H3,(H,11,12). The average Bonchev–Trinajstić information content (AvgIpc) is 2.42. The van der Waals surface area contributed by atoms with E-state index >= 15 is 0 Å². The van der Waals surface area contributed by atoms with E-state index in [0.29, 0.717) is 4.88 Å². The zero-order valence-corrected chi connectivity index (χ0v) is 9.18. The van der Waals surface area contributed by atoms with Crippen molar-refractivity contribution in [2.24, 2.45) is 0 Å². The molecule has 0 spiro atoms. The molecule has 0 unspecified atom stereocenters. The SMILES string of the molecule is CCOC(=O)c1c(C)sc(C(=O)O)c1N. The fourth-order valence-electron chi connectivity index (χ4n) is 1.18. The summed E-state index contributed by atoms with van der Waals surface area (Å²) < 4.78 is 4.78. The van der Waals surface area contributed by atoms with Crippen LogP contribution in [0, 0.1) is 6.92 Å². The number of hydrogen-bond acceptors (Lipinski definition) is 5.